The first kappa shape index (κ1) is 12.5. The van der Waals surface area contributed by atoms with E-state index in [0.717, 1.165) is 0 Å². The third-order valence-electron chi connectivity index (χ3n) is 2.10. The molecule has 0 amide bonds. The summed E-state index contributed by atoms with van der Waals surface area (Å²) >= 11 is 7.10. The molecule has 0 aliphatic heterocycles. The van der Waals surface area contributed by atoms with Gasteiger partial charge in [0.15, 0.2) is 5.13 Å². The maximum absolute atomic E-state index is 11.0. The van der Waals surface area contributed by atoms with Crippen LogP contribution in [0.2, 0.25) is 5.02 Å². The Balaban J connectivity index is 2.25. The number of hydrogen-bond donors (Lipinski definition) is 1. The van der Waals surface area contributed by atoms with Gasteiger partial charge in [-0.3, -0.25) is 10.1 Å². The Morgan fingerprint density at radius 3 is 2.72 bits per heavy atom. The summed E-state index contributed by atoms with van der Waals surface area (Å²) in [7, 11) is 0. The molecule has 0 fully saturated rings. The summed E-state index contributed by atoms with van der Waals surface area (Å²) in [5.41, 5.74) is 0.440. The van der Waals surface area contributed by atoms with Crippen LogP contribution in [0.15, 0.2) is 42.0 Å². The summed E-state index contributed by atoms with van der Waals surface area (Å²) in [6.45, 7) is 0. The molecule has 2 rings (SSSR count). The number of aromatic nitrogens is 1. The number of thiazole rings is 1. The van der Waals surface area contributed by atoms with E-state index >= 15 is 0 Å². The Morgan fingerprint density at radius 1 is 1.44 bits per heavy atom. The molecule has 0 aliphatic rings. The molecule has 0 aliphatic carbocycles. The van der Waals surface area contributed by atoms with E-state index in [1.165, 1.54) is 17.5 Å². The van der Waals surface area contributed by atoms with Crippen molar-refractivity contribution in [3.63, 3.8) is 0 Å². The molecule has 1 aromatic heterocycles. The summed E-state index contributed by atoms with van der Waals surface area (Å²) in [5.74, 6) is 0. The van der Waals surface area contributed by atoms with E-state index in [1.54, 1.807) is 35.8 Å². The quantitative estimate of drug-likeness (QED) is 0.688. The topological polar surface area (TPSA) is 68.1 Å². The monoisotopic (exact) mass is 281 g/mol. The van der Waals surface area contributed by atoms with Crippen molar-refractivity contribution in [2.45, 2.75) is 0 Å². The van der Waals surface area contributed by atoms with Crippen molar-refractivity contribution in [3.05, 3.63) is 62.7 Å². The summed E-state index contributed by atoms with van der Waals surface area (Å²) < 4.78 is 0. The third kappa shape index (κ3) is 3.06. The zero-order valence-electron chi connectivity index (χ0n) is 9.04. The zero-order chi connectivity index (χ0) is 13.0. The molecule has 18 heavy (non-hydrogen) atoms. The van der Waals surface area contributed by atoms with Crippen LogP contribution in [-0.2, 0) is 0 Å². The van der Waals surface area contributed by atoms with Gasteiger partial charge in [0.2, 0.25) is 0 Å². The Hall–Kier alpha value is -1.92. The van der Waals surface area contributed by atoms with E-state index in [2.05, 4.69) is 10.3 Å². The maximum Gasteiger partial charge on any atom is 0.292 e. The zero-order valence-corrected chi connectivity index (χ0v) is 10.6. The standard InChI is InChI=1S/C11H8ClN3O2S/c12-9-3-1-8(2-4-9)10(15(16)17)7-14-11-13-5-6-18-11/h1-7H,(H,13,14)/b10-7-. The van der Waals surface area contributed by atoms with Gasteiger partial charge in [-0.1, -0.05) is 11.6 Å². The smallest absolute Gasteiger partial charge is 0.292 e. The van der Waals surface area contributed by atoms with Crippen molar-refractivity contribution >= 4 is 33.8 Å². The van der Waals surface area contributed by atoms with E-state index in [-0.39, 0.29) is 5.70 Å². The predicted molar refractivity (Wildman–Crippen MR) is 72.2 cm³/mol. The average Bonchev–Trinajstić information content (AvgIpc) is 2.84. The van der Waals surface area contributed by atoms with Gasteiger partial charge in [-0.25, -0.2) is 4.98 Å². The molecular formula is C11H8ClN3O2S. The predicted octanol–water partition coefficient (Wildman–Crippen LogP) is 3.48. The lowest BCUT2D eigenvalue weighted by Crippen LogP contribution is -2.01. The number of benzene rings is 1. The van der Waals surface area contributed by atoms with Crippen molar-refractivity contribution in [3.8, 4) is 0 Å². The lowest BCUT2D eigenvalue weighted by Gasteiger charge is -2.00. The normalized spacial score (nSPS) is 11.3. The van der Waals surface area contributed by atoms with E-state index in [0.29, 0.717) is 15.7 Å². The van der Waals surface area contributed by atoms with Crippen LogP contribution in [0.1, 0.15) is 5.56 Å². The lowest BCUT2D eigenvalue weighted by molar-refractivity contribution is -0.375. The molecule has 7 heteroatoms. The number of nitrogens with one attached hydrogen (secondary N) is 1. The van der Waals surface area contributed by atoms with Crippen LogP contribution in [0, 0.1) is 10.1 Å². The average molecular weight is 282 g/mol. The van der Waals surface area contributed by atoms with Crippen LogP contribution >= 0.6 is 22.9 Å². The summed E-state index contributed by atoms with van der Waals surface area (Å²) in [4.78, 5) is 14.5. The van der Waals surface area contributed by atoms with Gasteiger partial charge in [0.1, 0.15) is 0 Å². The molecule has 5 nitrogen and oxygen atoms in total. The molecule has 0 atom stereocenters. The van der Waals surface area contributed by atoms with Gasteiger partial charge in [-0.05, 0) is 24.3 Å². The minimum atomic E-state index is -0.455. The molecule has 1 aromatic carbocycles. The summed E-state index contributed by atoms with van der Waals surface area (Å²) in [6, 6.07) is 6.41. The van der Waals surface area contributed by atoms with Gasteiger partial charge in [0, 0.05) is 16.6 Å². The highest BCUT2D eigenvalue weighted by molar-refractivity contribution is 7.13. The Labute approximate surface area is 112 Å². The highest BCUT2D eigenvalue weighted by atomic mass is 35.5. The fraction of sp³-hybridized carbons (Fsp3) is 0. The Kier molecular flexibility index (Phi) is 3.91. The highest BCUT2D eigenvalue weighted by Crippen LogP contribution is 2.19. The molecule has 0 radical (unpaired) electrons. The van der Waals surface area contributed by atoms with Gasteiger partial charge in [0.05, 0.1) is 16.7 Å². The van der Waals surface area contributed by atoms with E-state index in [9.17, 15) is 10.1 Å². The minimum absolute atomic E-state index is 0.0399. The number of nitro groups is 1. The summed E-state index contributed by atoms with van der Waals surface area (Å²) in [5, 5.41) is 16.7. The van der Waals surface area contributed by atoms with Crippen LogP contribution in [0.5, 0.6) is 0 Å². The third-order valence-corrected chi connectivity index (χ3v) is 3.06. The molecule has 0 bridgehead atoms. The van der Waals surface area contributed by atoms with Gasteiger partial charge in [-0.15, -0.1) is 11.3 Å². The van der Waals surface area contributed by atoms with E-state index < -0.39 is 4.92 Å². The molecule has 2 aromatic rings. The number of nitrogens with zero attached hydrogens (tertiary/aromatic N) is 2. The summed E-state index contributed by atoms with van der Waals surface area (Å²) in [6.07, 6.45) is 2.94. The Morgan fingerprint density at radius 2 is 2.17 bits per heavy atom. The van der Waals surface area contributed by atoms with Crippen LogP contribution in [0.25, 0.3) is 5.70 Å². The number of halogens is 1. The molecular weight excluding hydrogens is 274 g/mol. The molecule has 0 unspecified atom stereocenters. The fourth-order valence-corrected chi connectivity index (χ4v) is 1.91. The van der Waals surface area contributed by atoms with Crippen LogP contribution in [-0.4, -0.2) is 9.91 Å². The van der Waals surface area contributed by atoms with Crippen LogP contribution < -0.4 is 5.32 Å². The number of hydrogen-bond acceptors (Lipinski definition) is 5. The molecule has 1 heterocycles. The lowest BCUT2D eigenvalue weighted by atomic mass is 10.2. The Bertz CT molecular complexity index is 566. The highest BCUT2D eigenvalue weighted by Gasteiger charge is 2.13. The SMILES string of the molecule is O=[N+]([O-])/C(=C\Nc1nccs1)c1ccc(Cl)cc1. The maximum atomic E-state index is 11.0. The first-order valence-electron chi connectivity index (χ1n) is 4.93. The minimum Gasteiger partial charge on any atom is -0.332 e. The largest absolute Gasteiger partial charge is 0.332 e. The van der Waals surface area contributed by atoms with Gasteiger partial charge < -0.3 is 5.32 Å². The van der Waals surface area contributed by atoms with Crippen molar-refractivity contribution < 1.29 is 4.92 Å². The second-order valence-electron chi connectivity index (χ2n) is 3.28. The second-order valence-corrected chi connectivity index (χ2v) is 4.61. The first-order chi connectivity index (χ1) is 8.66. The fourth-order valence-electron chi connectivity index (χ4n) is 1.29. The van der Waals surface area contributed by atoms with Gasteiger partial charge in [0.25, 0.3) is 5.70 Å². The van der Waals surface area contributed by atoms with Crippen molar-refractivity contribution in [1.29, 1.82) is 0 Å². The van der Waals surface area contributed by atoms with E-state index in [1.807, 2.05) is 0 Å². The van der Waals surface area contributed by atoms with Crippen LogP contribution in [0.3, 0.4) is 0 Å². The molecule has 0 saturated carbocycles. The van der Waals surface area contributed by atoms with Gasteiger partial charge in [-0.2, -0.15) is 0 Å². The molecule has 1 N–H and O–H groups in total. The molecule has 0 saturated heterocycles. The van der Waals surface area contributed by atoms with Crippen molar-refractivity contribution in [2.75, 3.05) is 5.32 Å². The first-order valence-corrected chi connectivity index (χ1v) is 6.19. The number of anilines is 1. The van der Waals surface area contributed by atoms with Gasteiger partial charge >= 0.3 is 0 Å². The van der Waals surface area contributed by atoms with Crippen molar-refractivity contribution in [1.82, 2.24) is 4.98 Å². The number of rotatable bonds is 4. The second kappa shape index (κ2) is 5.61. The van der Waals surface area contributed by atoms with E-state index in [4.69, 9.17) is 11.6 Å². The molecule has 0 spiro atoms. The van der Waals surface area contributed by atoms with Crippen LogP contribution in [0.4, 0.5) is 5.13 Å². The van der Waals surface area contributed by atoms with Crippen molar-refractivity contribution in [2.24, 2.45) is 0 Å². The molecule has 92 valence electrons.